The van der Waals surface area contributed by atoms with E-state index in [2.05, 4.69) is 0 Å². The lowest BCUT2D eigenvalue weighted by atomic mass is 10.4. The van der Waals surface area contributed by atoms with Crippen molar-refractivity contribution in [1.29, 1.82) is 0 Å². The summed E-state index contributed by atoms with van der Waals surface area (Å²) in [4.78, 5) is 0. The molecule has 0 heterocycles. The fourth-order valence-electron chi connectivity index (χ4n) is 0.226. The van der Waals surface area contributed by atoms with E-state index in [1.54, 1.807) is 6.92 Å². The van der Waals surface area contributed by atoms with Gasteiger partial charge in [-0.1, -0.05) is 0 Å². The van der Waals surface area contributed by atoms with Crippen molar-refractivity contribution >= 4 is 24.2 Å². The summed E-state index contributed by atoms with van der Waals surface area (Å²) in [5.74, 6) is -0.0660. The third-order valence-electron chi connectivity index (χ3n) is 0.510. The molecule has 0 rings (SSSR count). The number of nitrogens with two attached hydrogens (primary N) is 1. The molecule has 64 valence electrons. The lowest BCUT2D eigenvalue weighted by Crippen LogP contribution is -2.20. The minimum Gasteiger partial charge on any atom is -0.327 e. The fraction of sp³-hybridized carbons (Fsp3) is 1.00. The second-order valence-electron chi connectivity index (χ2n) is 1.73. The van der Waals surface area contributed by atoms with Crippen LogP contribution in [-0.2, 0) is 0 Å². The quantitative estimate of drug-likeness (QED) is 0.730. The molecule has 6 heteroatoms. The maximum Gasteiger partial charge on any atom is 0.441 e. The third kappa shape index (κ3) is 11.2. The van der Waals surface area contributed by atoms with Crippen molar-refractivity contribution in [2.24, 2.45) is 5.73 Å². The van der Waals surface area contributed by atoms with Crippen LogP contribution >= 0.6 is 24.2 Å². The fourth-order valence-corrected chi connectivity index (χ4v) is 0.678. The number of halogens is 4. The van der Waals surface area contributed by atoms with Gasteiger partial charge in [-0.15, -0.1) is 12.4 Å². The normalized spacial score (nSPS) is 14.1. The lowest BCUT2D eigenvalue weighted by Gasteiger charge is -2.06. The molecule has 0 spiro atoms. The summed E-state index contributed by atoms with van der Waals surface area (Å²) < 4.78 is 34.0. The molecule has 0 bridgehead atoms. The average Bonchev–Trinajstić information content (AvgIpc) is 1.59. The van der Waals surface area contributed by atoms with Gasteiger partial charge in [0.1, 0.15) is 0 Å². The molecule has 2 N–H and O–H groups in total. The van der Waals surface area contributed by atoms with Gasteiger partial charge in [0, 0.05) is 11.8 Å². The van der Waals surface area contributed by atoms with E-state index >= 15 is 0 Å². The summed E-state index contributed by atoms with van der Waals surface area (Å²) in [5.41, 5.74) is 0.947. The van der Waals surface area contributed by atoms with Gasteiger partial charge in [0.25, 0.3) is 0 Å². The van der Waals surface area contributed by atoms with Gasteiger partial charge in [-0.2, -0.15) is 13.2 Å². The molecule has 0 fully saturated rings. The maximum absolute atomic E-state index is 11.3. The van der Waals surface area contributed by atoms with Crippen molar-refractivity contribution in [3.63, 3.8) is 0 Å². The van der Waals surface area contributed by atoms with E-state index in [1.807, 2.05) is 0 Å². The van der Waals surface area contributed by atoms with Gasteiger partial charge in [0.05, 0.1) is 0 Å². The molecule has 0 unspecified atom stereocenters. The molecule has 0 radical (unpaired) electrons. The van der Waals surface area contributed by atoms with Crippen molar-refractivity contribution in [2.45, 2.75) is 18.5 Å². The van der Waals surface area contributed by atoms with Crippen LogP contribution < -0.4 is 5.73 Å². The zero-order chi connectivity index (χ0) is 7.49. The largest absolute Gasteiger partial charge is 0.441 e. The van der Waals surface area contributed by atoms with Crippen LogP contribution in [0.4, 0.5) is 13.2 Å². The van der Waals surface area contributed by atoms with E-state index in [0.29, 0.717) is 0 Å². The number of thioether (sulfide) groups is 1. The van der Waals surface area contributed by atoms with Crippen LogP contribution in [0.15, 0.2) is 0 Å². The van der Waals surface area contributed by atoms with Gasteiger partial charge in [-0.3, -0.25) is 0 Å². The molecule has 0 aliphatic rings. The van der Waals surface area contributed by atoms with E-state index in [0.717, 1.165) is 0 Å². The highest BCUT2D eigenvalue weighted by Crippen LogP contribution is 2.29. The standard InChI is InChI=1S/C4H8F3NS.ClH/c1-3(8)2-9-4(5,6)7;/h3H,2,8H2,1H3;1H/t3-;/m1./s1. The Morgan fingerprint density at radius 2 is 1.90 bits per heavy atom. The Morgan fingerprint density at radius 1 is 1.50 bits per heavy atom. The van der Waals surface area contributed by atoms with Crippen molar-refractivity contribution in [2.75, 3.05) is 5.75 Å². The Bertz CT molecular complexity index is 85.1. The van der Waals surface area contributed by atoms with Crippen molar-refractivity contribution in [3.8, 4) is 0 Å². The van der Waals surface area contributed by atoms with Crippen LogP contribution in [0.2, 0.25) is 0 Å². The summed E-state index contributed by atoms with van der Waals surface area (Å²) in [5, 5.41) is 0. The first-order valence-corrected chi connectivity index (χ1v) is 3.36. The summed E-state index contributed by atoms with van der Waals surface area (Å²) >= 11 is -0.0833. The summed E-state index contributed by atoms with van der Waals surface area (Å²) in [6, 6.07) is -0.392. The second-order valence-corrected chi connectivity index (χ2v) is 2.82. The monoisotopic (exact) mass is 195 g/mol. The van der Waals surface area contributed by atoms with Crippen molar-refractivity contribution < 1.29 is 13.2 Å². The van der Waals surface area contributed by atoms with E-state index in [9.17, 15) is 13.2 Å². The predicted octanol–water partition coefficient (Wildman–Crippen LogP) is 2.01. The molecular weight excluding hydrogens is 187 g/mol. The number of alkyl halides is 3. The van der Waals surface area contributed by atoms with E-state index in [1.165, 1.54) is 0 Å². The number of hydrogen-bond acceptors (Lipinski definition) is 2. The van der Waals surface area contributed by atoms with Gasteiger partial charge in [-0.05, 0) is 18.7 Å². The lowest BCUT2D eigenvalue weighted by molar-refractivity contribution is -0.0328. The first-order valence-electron chi connectivity index (χ1n) is 2.38. The van der Waals surface area contributed by atoms with E-state index in [-0.39, 0.29) is 29.9 Å². The van der Waals surface area contributed by atoms with E-state index in [4.69, 9.17) is 5.73 Å². The molecule has 0 aliphatic heterocycles. The Morgan fingerprint density at radius 3 is 2.00 bits per heavy atom. The van der Waals surface area contributed by atoms with Crippen LogP contribution in [0.1, 0.15) is 6.92 Å². The van der Waals surface area contributed by atoms with Gasteiger partial charge < -0.3 is 5.73 Å². The topological polar surface area (TPSA) is 26.0 Å². The summed E-state index contributed by atoms with van der Waals surface area (Å²) in [7, 11) is 0. The minimum absolute atomic E-state index is 0. The zero-order valence-corrected chi connectivity index (χ0v) is 6.95. The molecule has 10 heavy (non-hydrogen) atoms. The Labute approximate surface area is 67.9 Å². The smallest absolute Gasteiger partial charge is 0.327 e. The molecular formula is C4H9ClF3NS. The maximum atomic E-state index is 11.3. The molecule has 1 nitrogen and oxygen atoms in total. The van der Waals surface area contributed by atoms with Gasteiger partial charge >= 0.3 is 5.51 Å². The molecule has 0 aromatic heterocycles. The number of hydrogen-bond donors (Lipinski definition) is 1. The third-order valence-corrected chi connectivity index (χ3v) is 1.53. The summed E-state index contributed by atoms with van der Waals surface area (Å²) in [6.07, 6.45) is 0. The Balaban J connectivity index is 0. The molecule has 0 aromatic carbocycles. The van der Waals surface area contributed by atoms with Crippen LogP contribution in [0.25, 0.3) is 0 Å². The van der Waals surface area contributed by atoms with Crippen LogP contribution in [0.5, 0.6) is 0 Å². The predicted molar refractivity (Wildman–Crippen MR) is 39.4 cm³/mol. The second kappa shape index (κ2) is 5.09. The molecule has 0 aromatic rings. The number of rotatable bonds is 2. The van der Waals surface area contributed by atoms with Crippen molar-refractivity contribution in [3.05, 3.63) is 0 Å². The molecule has 0 saturated heterocycles. The first kappa shape index (κ1) is 13.0. The molecule has 0 aliphatic carbocycles. The SMILES string of the molecule is C[C@@H](N)CSC(F)(F)F.Cl. The summed E-state index contributed by atoms with van der Waals surface area (Å²) in [6.45, 7) is 1.54. The van der Waals surface area contributed by atoms with Crippen LogP contribution in [-0.4, -0.2) is 17.3 Å². The van der Waals surface area contributed by atoms with E-state index < -0.39 is 11.6 Å². The van der Waals surface area contributed by atoms with Crippen molar-refractivity contribution in [1.82, 2.24) is 0 Å². The minimum atomic E-state index is -4.13. The Hall–Kier alpha value is 0.390. The first-order chi connectivity index (χ1) is 3.92. The highest BCUT2D eigenvalue weighted by molar-refractivity contribution is 8.00. The Kier molecular flexibility index (Phi) is 6.63. The molecule has 0 saturated carbocycles. The van der Waals surface area contributed by atoms with Crippen LogP contribution in [0, 0.1) is 0 Å². The van der Waals surface area contributed by atoms with Crippen LogP contribution in [0.3, 0.4) is 0 Å². The zero-order valence-electron chi connectivity index (χ0n) is 5.31. The van der Waals surface area contributed by atoms with Gasteiger partial charge in [-0.25, -0.2) is 0 Å². The molecule has 1 atom stereocenters. The highest BCUT2D eigenvalue weighted by Gasteiger charge is 2.27. The highest BCUT2D eigenvalue weighted by atomic mass is 35.5. The van der Waals surface area contributed by atoms with Gasteiger partial charge in [0.2, 0.25) is 0 Å². The van der Waals surface area contributed by atoms with Gasteiger partial charge in [0.15, 0.2) is 0 Å². The average molecular weight is 196 g/mol. The molecule has 0 amide bonds.